The van der Waals surface area contributed by atoms with E-state index in [4.69, 9.17) is 0 Å². The molecule has 1 aromatic heterocycles. The summed E-state index contributed by atoms with van der Waals surface area (Å²) in [6.45, 7) is 4.26. The van der Waals surface area contributed by atoms with Crippen molar-refractivity contribution in [3.8, 4) is 0 Å². The quantitative estimate of drug-likeness (QED) is 0.802. The molecule has 1 aliphatic heterocycles. The third-order valence-electron chi connectivity index (χ3n) is 3.98. The molecular weight excluding hydrogens is 318 g/mol. The SMILES string of the molecule is CC1NNC(c2ccc(S(=O)(=O)Nc3ccccc3)s2)C1C. The number of hydrazine groups is 1. The van der Waals surface area contributed by atoms with Crippen LogP contribution < -0.4 is 15.6 Å². The van der Waals surface area contributed by atoms with Gasteiger partial charge in [0.05, 0.1) is 6.04 Å². The van der Waals surface area contributed by atoms with Gasteiger partial charge in [0.15, 0.2) is 0 Å². The normalized spacial score (nSPS) is 25.3. The monoisotopic (exact) mass is 337 g/mol. The topological polar surface area (TPSA) is 70.2 Å². The lowest BCUT2D eigenvalue weighted by Crippen LogP contribution is -2.28. The number of hydrogen-bond donors (Lipinski definition) is 3. The minimum Gasteiger partial charge on any atom is -0.279 e. The highest BCUT2D eigenvalue weighted by Gasteiger charge is 2.32. The number of sulfonamides is 1. The van der Waals surface area contributed by atoms with Gasteiger partial charge < -0.3 is 0 Å². The summed E-state index contributed by atoms with van der Waals surface area (Å²) in [5, 5.41) is 0. The Labute approximate surface area is 134 Å². The van der Waals surface area contributed by atoms with E-state index in [1.807, 2.05) is 12.1 Å². The highest BCUT2D eigenvalue weighted by Crippen LogP contribution is 2.34. The molecule has 0 amide bonds. The fourth-order valence-corrected chi connectivity index (χ4v) is 5.01. The van der Waals surface area contributed by atoms with Crippen LogP contribution in [0, 0.1) is 5.92 Å². The number of nitrogens with one attached hydrogen (secondary N) is 3. The van der Waals surface area contributed by atoms with Gasteiger partial charge in [0, 0.05) is 16.6 Å². The Morgan fingerprint density at radius 1 is 1.05 bits per heavy atom. The maximum Gasteiger partial charge on any atom is 0.271 e. The van der Waals surface area contributed by atoms with E-state index >= 15 is 0 Å². The van der Waals surface area contributed by atoms with Crippen LogP contribution >= 0.6 is 11.3 Å². The molecule has 3 rings (SSSR count). The zero-order valence-electron chi connectivity index (χ0n) is 12.4. The van der Waals surface area contributed by atoms with Crippen molar-refractivity contribution >= 4 is 27.0 Å². The summed E-state index contributed by atoms with van der Waals surface area (Å²) in [6, 6.07) is 13.0. The summed E-state index contributed by atoms with van der Waals surface area (Å²) in [6.07, 6.45) is 0. The second kappa shape index (κ2) is 6.00. The van der Waals surface area contributed by atoms with Crippen molar-refractivity contribution in [1.29, 1.82) is 0 Å². The Hall–Kier alpha value is -1.41. The van der Waals surface area contributed by atoms with Gasteiger partial charge in [-0.1, -0.05) is 25.1 Å². The molecule has 2 heterocycles. The first kappa shape index (κ1) is 15.5. The highest BCUT2D eigenvalue weighted by atomic mass is 32.2. The number of rotatable bonds is 4. The predicted octanol–water partition coefficient (Wildman–Crippen LogP) is 2.72. The van der Waals surface area contributed by atoms with E-state index in [9.17, 15) is 8.42 Å². The van der Waals surface area contributed by atoms with Crippen LogP contribution in [0.5, 0.6) is 0 Å². The molecule has 118 valence electrons. The summed E-state index contributed by atoms with van der Waals surface area (Å²) >= 11 is 1.31. The van der Waals surface area contributed by atoms with Crippen LogP contribution in [0.1, 0.15) is 24.8 Å². The molecule has 0 bridgehead atoms. The number of para-hydroxylation sites is 1. The van der Waals surface area contributed by atoms with Crippen LogP contribution in [0.2, 0.25) is 0 Å². The lowest BCUT2D eigenvalue weighted by molar-refractivity contribution is 0.481. The molecule has 1 fully saturated rings. The summed E-state index contributed by atoms with van der Waals surface area (Å²) in [5.41, 5.74) is 7.00. The first-order valence-corrected chi connectivity index (χ1v) is 9.46. The van der Waals surface area contributed by atoms with Crippen LogP contribution in [-0.2, 0) is 10.0 Å². The van der Waals surface area contributed by atoms with Crippen LogP contribution in [0.3, 0.4) is 0 Å². The molecule has 0 aliphatic carbocycles. The van der Waals surface area contributed by atoms with E-state index in [1.165, 1.54) is 11.3 Å². The summed E-state index contributed by atoms with van der Waals surface area (Å²) in [4.78, 5) is 1.03. The molecule has 1 aliphatic rings. The molecule has 5 nitrogen and oxygen atoms in total. The Morgan fingerprint density at radius 3 is 2.41 bits per heavy atom. The third-order valence-corrected chi connectivity index (χ3v) is 7.02. The maximum atomic E-state index is 12.4. The van der Waals surface area contributed by atoms with Crippen LogP contribution in [-0.4, -0.2) is 14.5 Å². The van der Waals surface area contributed by atoms with Crippen LogP contribution in [0.4, 0.5) is 5.69 Å². The molecule has 3 unspecified atom stereocenters. The largest absolute Gasteiger partial charge is 0.279 e. The lowest BCUT2D eigenvalue weighted by atomic mass is 9.97. The van der Waals surface area contributed by atoms with E-state index < -0.39 is 10.0 Å². The van der Waals surface area contributed by atoms with Gasteiger partial charge >= 0.3 is 0 Å². The number of benzene rings is 1. The zero-order chi connectivity index (χ0) is 15.7. The van der Waals surface area contributed by atoms with Crippen LogP contribution in [0.15, 0.2) is 46.7 Å². The zero-order valence-corrected chi connectivity index (χ0v) is 14.0. The number of anilines is 1. The van der Waals surface area contributed by atoms with Crippen LogP contribution in [0.25, 0.3) is 0 Å². The smallest absolute Gasteiger partial charge is 0.271 e. The molecular formula is C15H19N3O2S2. The van der Waals surface area contributed by atoms with Crippen molar-refractivity contribution in [2.45, 2.75) is 30.1 Å². The fourth-order valence-electron chi connectivity index (χ4n) is 2.46. The standard InChI is InChI=1S/C15H19N3O2S2/c1-10-11(2)16-17-15(10)13-8-9-14(21-13)22(19,20)18-12-6-4-3-5-7-12/h3-11,15-18H,1-2H3. The number of hydrogen-bond acceptors (Lipinski definition) is 5. The fraction of sp³-hybridized carbons (Fsp3) is 0.333. The summed E-state index contributed by atoms with van der Waals surface area (Å²) < 4.78 is 27.8. The molecule has 2 aromatic rings. The third kappa shape index (κ3) is 3.03. The molecule has 1 aromatic carbocycles. The van der Waals surface area contributed by atoms with Gasteiger partial charge in [-0.05, 0) is 37.1 Å². The van der Waals surface area contributed by atoms with Gasteiger partial charge in [-0.2, -0.15) is 0 Å². The average molecular weight is 337 g/mol. The van der Waals surface area contributed by atoms with Gasteiger partial charge in [-0.15, -0.1) is 11.3 Å². The van der Waals surface area contributed by atoms with Crippen molar-refractivity contribution in [2.75, 3.05) is 4.72 Å². The minimum atomic E-state index is -3.53. The van der Waals surface area contributed by atoms with Gasteiger partial charge in [0.1, 0.15) is 4.21 Å². The molecule has 1 saturated heterocycles. The Kier molecular flexibility index (Phi) is 4.22. The predicted molar refractivity (Wildman–Crippen MR) is 89.2 cm³/mol. The van der Waals surface area contributed by atoms with E-state index in [2.05, 4.69) is 29.4 Å². The molecule has 3 N–H and O–H groups in total. The van der Waals surface area contributed by atoms with E-state index in [0.717, 1.165) is 4.88 Å². The second-order valence-corrected chi connectivity index (χ2v) is 8.57. The van der Waals surface area contributed by atoms with Crippen molar-refractivity contribution in [3.63, 3.8) is 0 Å². The minimum absolute atomic E-state index is 0.140. The second-order valence-electron chi connectivity index (χ2n) is 5.54. The molecule has 3 atom stereocenters. The first-order chi connectivity index (χ1) is 10.5. The van der Waals surface area contributed by atoms with Gasteiger partial charge in [-0.25, -0.2) is 13.8 Å². The Bertz CT molecular complexity index is 743. The van der Waals surface area contributed by atoms with Crippen molar-refractivity contribution in [3.05, 3.63) is 47.3 Å². The van der Waals surface area contributed by atoms with E-state index in [-0.39, 0.29) is 6.04 Å². The van der Waals surface area contributed by atoms with E-state index in [0.29, 0.717) is 21.9 Å². The van der Waals surface area contributed by atoms with E-state index in [1.54, 1.807) is 30.3 Å². The number of thiophene rings is 1. The summed E-state index contributed by atoms with van der Waals surface area (Å²) in [5.74, 6) is 0.399. The van der Waals surface area contributed by atoms with Gasteiger partial charge in [0.2, 0.25) is 0 Å². The lowest BCUT2D eigenvalue weighted by Gasteiger charge is -2.14. The van der Waals surface area contributed by atoms with Crippen molar-refractivity contribution < 1.29 is 8.42 Å². The van der Waals surface area contributed by atoms with Crippen molar-refractivity contribution in [1.82, 2.24) is 10.9 Å². The molecule has 7 heteroatoms. The molecule has 22 heavy (non-hydrogen) atoms. The first-order valence-electron chi connectivity index (χ1n) is 7.16. The van der Waals surface area contributed by atoms with Gasteiger partial charge in [0.25, 0.3) is 10.0 Å². The molecule has 0 radical (unpaired) electrons. The average Bonchev–Trinajstić information content (AvgIpc) is 3.09. The molecule has 0 spiro atoms. The van der Waals surface area contributed by atoms with Gasteiger partial charge in [-0.3, -0.25) is 10.1 Å². The highest BCUT2D eigenvalue weighted by molar-refractivity contribution is 7.94. The maximum absolute atomic E-state index is 12.4. The Morgan fingerprint density at radius 2 is 1.77 bits per heavy atom. The Balaban J connectivity index is 1.81. The van der Waals surface area contributed by atoms with Crippen molar-refractivity contribution in [2.24, 2.45) is 5.92 Å². The molecule has 0 saturated carbocycles. The summed E-state index contributed by atoms with van der Waals surface area (Å²) in [7, 11) is -3.53.